The summed E-state index contributed by atoms with van der Waals surface area (Å²) in [4.78, 5) is 12.9. The molecular formula is C22H28O3. The van der Waals surface area contributed by atoms with Gasteiger partial charge in [-0.2, -0.15) is 0 Å². The zero-order valence-corrected chi connectivity index (χ0v) is 16.2. The highest BCUT2D eigenvalue weighted by Gasteiger charge is 2.33. The van der Waals surface area contributed by atoms with Crippen molar-refractivity contribution in [2.24, 2.45) is 10.8 Å². The molecule has 1 aromatic rings. The van der Waals surface area contributed by atoms with Crippen LogP contribution in [0.15, 0.2) is 47.1 Å². The van der Waals surface area contributed by atoms with Gasteiger partial charge in [0, 0.05) is 11.1 Å². The molecule has 0 saturated carbocycles. The molecule has 1 N–H and O–H groups in total. The van der Waals surface area contributed by atoms with Gasteiger partial charge in [0.1, 0.15) is 0 Å². The second-order valence-corrected chi connectivity index (χ2v) is 8.52. The molecule has 134 valence electrons. The number of phenols is 1. The molecule has 0 spiro atoms. The summed E-state index contributed by atoms with van der Waals surface area (Å²) < 4.78 is 5.18. The average Bonchev–Trinajstić information content (AvgIpc) is 2.48. The number of allylic oxidation sites excluding steroid dienone is 5. The van der Waals surface area contributed by atoms with E-state index in [1.807, 2.05) is 24.3 Å². The van der Waals surface area contributed by atoms with Crippen LogP contribution in [0.1, 0.15) is 47.1 Å². The normalized spacial score (nSPS) is 15.6. The average molecular weight is 340 g/mol. The van der Waals surface area contributed by atoms with Gasteiger partial charge in [-0.25, -0.2) is 0 Å². The summed E-state index contributed by atoms with van der Waals surface area (Å²) >= 11 is 0. The van der Waals surface area contributed by atoms with Crippen molar-refractivity contribution in [2.75, 3.05) is 7.11 Å². The van der Waals surface area contributed by atoms with Gasteiger partial charge in [-0.15, -0.1) is 0 Å². The highest BCUT2D eigenvalue weighted by Crippen LogP contribution is 2.39. The van der Waals surface area contributed by atoms with Crippen molar-refractivity contribution in [3.05, 3.63) is 52.6 Å². The van der Waals surface area contributed by atoms with Gasteiger partial charge in [-0.05, 0) is 52.3 Å². The van der Waals surface area contributed by atoms with Gasteiger partial charge < -0.3 is 9.84 Å². The van der Waals surface area contributed by atoms with Crippen LogP contribution >= 0.6 is 0 Å². The molecule has 0 radical (unpaired) electrons. The fraction of sp³-hybridized carbons (Fsp3) is 0.409. The van der Waals surface area contributed by atoms with Crippen LogP contribution in [0.2, 0.25) is 0 Å². The molecule has 1 aliphatic rings. The number of ketones is 1. The first kappa shape index (κ1) is 19.0. The van der Waals surface area contributed by atoms with Gasteiger partial charge >= 0.3 is 0 Å². The van der Waals surface area contributed by atoms with E-state index in [0.717, 1.165) is 22.3 Å². The number of hydrogen-bond donors (Lipinski definition) is 1. The molecule has 0 fully saturated rings. The predicted octanol–water partition coefficient (Wildman–Crippen LogP) is 5.31. The maximum atomic E-state index is 12.9. The third-order valence-electron chi connectivity index (χ3n) is 4.26. The maximum Gasteiger partial charge on any atom is 0.186 e. The molecule has 0 atom stereocenters. The minimum Gasteiger partial charge on any atom is -0.504 e. The van der Waals surface area contributed by atoms with Crippen molar-refractivity contribution in [3.8, 4) is 11.5 Å². The Balaban J connectivity index is 2.59. The Morgan fingerprint density at radius 1 is 0.960 bits per heavy atom. The summed E-state index contributed by atoms with van der Waals surface area (Å²) in [6.07, 6.45) is 5.94. The smallest absolute Gasteiger partial charge is 0.186 e. The number of hydrogen-bond acceptors (Lipinski definition) is 3. The van der Waals surface area contributed by atoms with Crippen LogP contribution < -0.4 is 4.74 Å². The topological polar surface area (TPSA) is 46.5 Å². The molecule has 1 aromatic carbocycles. The van der Waals surface area contributed by atoms with Crippen LogP contribution in [0.4, 0.5) is 0 Å². The van der Waals surface area contributed by atoms with Gasteiger partial charge in [0.25, 0.3) is 0 Å². The Kier molecular flexibility index (Phi) is 4.99. The summed E-state index contributed by atoms with van der Waals surface area (Å²) in [5.41, 5.74) is 3.06. The van der Waals surface area contributed by atoms with Crippen molar-refractivity contribution in [3.63, 3.8) is 0 Å². The van der Waals surface area contributed by atoms with Crippen molar-refractivity contribution in [1.29, 1.82) is 0 Å². The maximum absolute atomic E-state index is 12.9. The van der Waals surface area contributed by atoms with E-state index < -0.39 is 0 Å². The lowest BCUT2D eigenvalue weighted by Gasteiger charge is -2.31. The number of ether oxygens (including phenoxy) is 1. The number of phenolic OH excluding ortho intramolecular Hbond substituents is 1. The molecule has 25 heavy (non-hydrogen) atoms. The zero-order chi connectivity index (χ0) is 19.0. The fourth-order valence-electron chi connectivity index (χ4n) is 2.83. The molecule has 0 heterocycles. The predicted molar refractivity (Wildman–Crippen MR) is 103 cm³/mol. The van der Waals surface area contributed by atoms with Gasteiger partial charge in [0.05, 0.1) is 7.11 Å². The number of methoxy groups -OCH3 is 1. The first-order valence-corrected chi connectivity index (χ1v) is 8.51. The van der Waals surface area contributed by atoms with Crippen LogP contribution in [0.25, 0.3) is 6.08 Å². The molecule has 2 rings (SSSR count). The third-order valence-corrected chi connectivity index (χ3v) is 4.26. The minimum absolute atomic E-state index is 0.111. The number of carbonyl (C=O) groups excluding carboxylic acids is 1. The van der Waals surface area contributed by atoms with Crippen LogP contribution in [0, 0.1) is 10.8 Å². The highest BCUT2D eigenvalue weighted by atomic mass is 16.5. The molecule has 3 nitrogen and oxygen atoms in total. The van der Waals surface area contributed by atoms with Crippen molar-refractivity contribution in [1.82, 2.24) is 0 Å². The van der Waals surface area contributed by atoms with Crippen LogP contribution in [0.5, 0.6) is 11.5 Å². The standard InChI is InChI=1S/C22H28O3/c1-21(2,3)16-11-15(12-17(20(16)24)22(4,5)6)10-14-8-9-18(23)19(13-14)25-7/h8-13,23H,1-7H3. The number of benzene rings is 1. The van der Waals surface area contributed by atoms with E-state index in [-0.39, 0.29) is 22.4 Å². The molecule has 0 amide bonds. The summed E-state index contributed by atoms with van der Waals surface area (Å²) in [6.45, 7) is 12.4. The van der Waals surface area contributed by atoms with Crippen molar-refractivity contribution in [2.45, 2.75) is 41.5 Å². The SMILES string of the molecule is COc1cc(C=C2C=C(C(C)(C)C)C(=O)C(C(C)(C)C)=C2)ccc1O. The van der Waals surface area contributed by atoms with E-state index in [1.165, 1.54) is 7.11 Å². The van der Waals surface area contributed by atoms with E-state index in [0.29, 0.717) is 5.75 Å². The Labute approximate surface area is 150 Å². The molecule has 0 saturated heterocycles. The number of carbonyl (C=O) groups is 1. The monoisotopic (exact) mass is 340 g/mol. The first-order valence-electron chi connectivity index (χ1n) is 8.51. The molecule has 0 aliphatic heterocycles. The third kappa shape index (κ3) is 4.22. The van der Waals surface area contributed by atoms with Gasteiger partial charge in [0.15, 0.2) is 17.3 Å². The van der Waals surface area contributed by atoms with Crippen molar-refractivity contribution >= 4 is 11.9 Å². The number of Topliss-reactive ketones (excluding diaryl/α,β-unsaturated/α-hetero) is 1. The van der Waals surface area contributed by atoms with Crippen molar-refractivity contribution < 1.29 is 14.6 Å². The summed E-state index contributed by atoms with van der Waals surface area (Å²) in [5, 5.41) is 9.76. The van der Waals surface area contributed by atoms with Crippen LogP contribution in [-0.2, 0) is 4.79 Å². The fourth-order valence-corrected chi connectivity index (χ4v) is 2.83. The summed E-state index contributed by atoms with van der Waals surface area (Å²) in [5.74, 6) is 0.669. The zero-order valence-electron chi connectivity index (χ0n) is 16.2. The van der Waals surface area contributed by atoms with E-state index in [2.05, 4.69) is 41.5 Å². The minimum atomic E-state index is -0.229. The lowest BCUT2D eigenvalue weighted by Crippen LogP contribution is -2.27. The Bertz CT molecular complexity index is 742. The molecule has 0 aromatic heterocycles. The van der Waals surface area contributed by atoms with Crippen LogP contribution in [-0.4, -0.2) is 18.0 Å². The van der Waals surface area contributed by atoms with Gasteiger partial charge in [-0.1, -0.05) is 47.6 Å². The van der Waals surface area contributed by atoms with E-state index in [4.69, 9.17) is 4.74 Å². The van der Waals surface area contributed by atoms with E-state index >= 15 is 0 Å². The summed E-state index contributed by atoms with van der Waals surface area (Å²) in [7, 11) is 1.53. The summed E-state index contributed by atoms with van der Waals surface area (Å²) in [6, 6.07) is 5.23. The largest absolute Gasteiger partial charge is 0.504 e. The molecular weight excluding hydrogens is 312 g/mol. The number of aromatic hydroxyl groups is 1. The van der Waals surface area contributed by atoms with E-state index in [9.17, 15) is 9.90 Å². The Morgan fingerprint density at radius 3 is 1.92 bits per heavy atom. The Hall–Kier alpha value is -2.29. The molecule has 0 bridgehead atoms. The molecule has 0 unspecified atom stereocenters. The first-order chi connectivity index (χ1) is 11.4. The quantitative estimate of drug-likeness (QED) is 0.793. The van der Waals surface area contributed by atoms with Gasteiger partial charge in [0.2, 0.25) is 0 Å². The lowest BCUT2D eigenvalue weighted by atomic mass is 9.72. The van der Waals surface area contributed by atoms with Crippen LogP contribution in [0.3, 0.4) is 0 Å². The second kappa shape index (κ2) is 6.55. The van der Waals surface area contributed by atoms with E-state index in [1.54, 1.807) is 12.1 Å². The van der Waals surface area contributed by atoms with Gasteiger partial charge in [-0.3, -0.25) is 4.79 Å². The Morgan fingerprint density at radius 2 is 1.48 bits per heavy atom. The molecule has 1 aliphatic carbocycles. The second-order valence-electron chi connectivity index (χ2n) is 8.52. The highest BCUT2D eigenvalue weighted by molar-refractivity contribution is 6.12. The molecule has 3 heteroatoms. The lowest BCUT2D eigenvalue weighted by molar-refractivity contribution is -0.114. The number of rotatable bonds is 2.